The monoisotopic (exact) mass is 267 g/mol. The Morgan fingerprint density at radius 3 is 3.06 bits per heavy atom. The summed E-state index contributed by atoms with van der Waals surface area (Å²) in [6.07, 6.45) is 0.584. The lowest BCUT2D eigenvalue weighted by Crippen LogP contribution is -2.24. The fourth-order valence-electron chi connectivity index (χ4n) is 2.09. The Hall–Kier alpha value is -1.56. The highest BCUT2D eigenvalue weighted by atomic mass is 32.1. The van der Waals surface area contributed by atoms with Crippen LogP contribution in [0.25, 0.3) is 10.4 Å². The highest BCUT2D eigenvalue weighted by Gasteiger charge is 2.41. The second-order valence-electron chi connectivity index (χ2n) is 4.14. The summed E-state index contributed by atoms with van der Waals surface area (Å²) < 4.78 is 10.1. The minimum Gasteiger partial charge on any atom is -0.465 e. The summed E-state index contributed by atoms with van der Waals surface area (Å²) in [4.78, 5) is 15.5. The molecule has 6 nitrogen and oxygen atoms in total. The predicted octanol–water partition coefficient (Wildman–Crippen LogP) is 2.77. The van der Waals surface area contributed by atoms with Gasteiger partial charge in [-0.1, -0.05) is 5.11 Å². The highest BCUT2D eigenvalue weighted by molar-refractivity contribution is 7.10. The maximum absolute atomic E-state index is 11.8. The second kappa shape index (κ2) is 4.97. The Morgan fingerprint density at radius 2 is 2.50 bits per heavy atom. The van der Waals surface area contributed by atoms with E-state index in [0.717, 1.165) is 10.4 Å². The van der Waals surface area contributed by atoms with Crippen molar-refractivity contribution in [3.05, 3.63) is 31.8 Å². The quantitative estimate of drug-likeness (QED) is 0.365. The summed E-state index contributed by atoms with van der Waals surface area (Å²) in [5.74, 6) is -0.400. The minimum absolute atomic E-state index is 0.307. The molecular formula is C11H13N3O3S. The van der Waals surface area contributed by atoms with Gasteiger partial charge < -0.3 is 9.47 Å². The molecule has 0 radical (unpaired) electrons. The number of hydrogen-bond donors (Lipinski definition) is 0. The van der Waals surface area contributed by atoms with Gasteiger partial charge in [0, 0.05) is 16.4 Å². The zero-order valence-electron chi connectivity index (χ0n) is 10.2. The Bertz CT molecular complexity index is 514. The average Bonchev–Trinajstić information content (AvgIpc) is 2.96. The van der Waals surface area contributed by atoms with Crippen LogP contribution >= 0.6 is 11.3 Å². The Kier molecular flexibility index (Phi) is 3.56. The van der Waals surface area contributed by atoms with Crippen molar-refractivity contribution in [1.29, 1.82) is 0 Å². The third-order valence-electron chi connectivity index (χ3n) is 3.02. The maximum atomic E-state index is 11.8. The molecule has 1 aromatic heterocycles. The first kappa shape index (κ1) is 12.9. The molecule has 2 heterocycles. The van der Waals surface area contributed by atoms with Crippen LogP contribution in [-0.4, -0.2) is 26.3 Å². The van der Waals surface area contributed by atoms with E-state index in [2.05, 4.69) is 10.0 Å². The standard InChI is InChI=1S/C11H13N3O3S/c1-7-5-18-9(8(7)10(15)16-2)11(13-14-12)3-4-17-6-11/h5H,3-4,6H2,1-2H3. The minimum atomic E-state index is -0.767. The zero-order valence-corrected chi connectivity index (χ0v) is 11.0. The molecule has 0 spiro atoms. The lowest BCUT2D eigenvalue weighted by atomic mass is 9.93. The van der Waals surface area contributed by atoms with E-state index < -0.39 is 11.5 Å². The third kappa shape index (κ3) is 1.96. The predicted molar refractivity (Wildman–Crippen MR) is 66.7 cm³/mol. The molecule has 0 aromatic carbocycles. The van der Waals surface area contributed by atoms with Crippen LogP contribution in [0.15, 0.2) is 10.5 Å². The molecule has 1 atom stereocenters. The van der Waals surface area contributed by atoms with Gasteiger partial charge in [0.25, 0.3) is 0 Å². The van der Waals surface area contributed by atoms with Gasteiger partial charge in [0.2, 0.25) is 0 Å². The summed E-state index contributed by atoms with van der Waals surface area (Å²) in [7, 11) is 1.34. The van der Waals surface area contributed by atoms with E-state index in [-0.39, 0.29) is 0 Å². The van der Waals surface area contributed by atoms with E-state index in [1.165, 1.54) is 18.4 Å². The first-order valence-electron chi connectivity index (χ1n) is 5.45. The number of carbonyl (C=O) groups is 1. The van der Waals surface area contributed by atoms with Crippen LogP contribution in [0, 0.1) is 6.92 Å². The van der Waals surface area contributed by atoms with Gasteiger partial charge in [-0.2, -0.15) is 0 Å². The van der Waals surface area contributed by atoms with Crippen molar-refractivity contribution < 1.29 is 14.3 Å². The fourth-order valence-corrected chi connectivity index (χ4v) is 3.28. The molecule has 0 bridgehead atoms. The van der Waals surface area contributed by atoms with Crippen LogP contribution in [0.2, 0.25) is 0 Å². The number of azide groups is 1. The zero-order chi connectivity index (χ0) is 13.2. The number of carbonyl (C=O) groups excluding carboxylic acids is 1. The second-order valence-corrected chi connectivity index (χ2v) is 5.02. The van der Waals surface area contributed by atoms with Crippen molar-refractivity contribution in [3.63, 3.8) is 0 Å². The number of rotatable bonds is 3. The van der Waals surface area contributed by atoms with Crippen LogP contribution in [0.3, 0.4) is 0 Å². The number of esters is 1. The van der Waals surface area contributed by atoms with Crippen LogP contribution < -0.4 is 0 Å². The van der Waals surface area contributed by atoms with Gasteiger partial charge in [0.05, 0.1) is 19.3 Å². The number of thiophene rings is 1. The summed E-state index contributed by atoms with van der Waals surface area (Å²) in [6.45, 7) is 2.67. The first-order chi connectivity index (χ1) is 8.64. The van der Waals surface area contributed by atoms with E-state index >= 15 is 0 Å². The Balaban J connectivity index is 2.56. The molecule has 7 heteroatoms. The van der Waals surface area contributed by atoms with Crippen LogP contribution in [-0.2, 0) is 15.0 Å². The van der Waals surface area contributed by atoms with Gasteiger partial charge in [0.15, 0.2) is 0 Å². The molecule has 1 saturated heterocycles. The largest absolute Gasteiger partial charge is 0.465 e. The van der Waals surface area contributed by atoms with E-state index in [1.807, 2.05) is 12.3 Å². The van der Waals surface area contributed by atoms with E-state index in [0.29, 0.717) is 25.2 Å². The van der Waals surface area contributed by atoms with Crippen molar-refractivity contribution in [1.82, 2.24) is 0 Å². The van der Waals surface area contributed by atoms with Crippen LogP contribution in [0.5, 0.6) is 0 Å². The normalized spacial score (nSPS) is 22.6. The van der Waals surface area contributed by atoms with Gasteiger partial charge in [0.1, 0.15) is 5.54 Å². The lowest BCUT2D eigenvalue weighted by Gasteiger charge is -2.20. The molecular weight excluding hydrogens is 254 g/mol. The molecule has 1 fully saturated rings. The van der Waals surface area contributed by atoms with Gasteiger partial charge in [-0.3, -0.25) is 0 Å². The van der Waals surface area contributed by atoms with Crippen molar-refractivity contribution in [2.75, 3.05) is 20.3 Å². The molecule has 1 unspecified atom stereocenters. The summed E-state index contributed by atoms with van der Waals surface area (Å²) >= 11 is 1.41. The van der Waals surface area contributed by atoms with E-state index in [9.17, 15) is 4.79 Å². The molecule has 1 aliphatic rings. The Labute approximate surface area is 108 Å². The smallest absolute Gasteiger partial charge is 0.339 e. The van der Waals surface area contributed by atoms with Crippen molar-refractivity contribution in [2.24, 2.45) is 5.11 Å². The fraction of sp³-hybridized carbons (Fsp3) is 0.545. The molecule has 0 amide bonds. The number of methoxy groups -OCH3 is 1. The molecule has 18 heavy (non-hydrogen) atoms. The molecule has 0 saturated carbocycles. The molecule has 96 valence electrons. The first-order valence-corrected chi connectivity index (χ1v) is 6.33. The topological polar surface area (TPSA) is 84.3 Å². The molecule has 1 aromatic rings. The van der Waals surface area contributed by atoms with E-state index in [4.69, 9.17) is 15.0 Å². The number of ether oxygens (including phenoxy) is 2. The van der Waals surface area contributed by atoms with Crippen molar-refractivity contribution >= 4 is 17.3 Å². The van der Waals surface area contributed by atoms with Crippen LogP contribution in [0.4, 0.5) is 0 Å². The number of nitrogens with zero attached hydrogens (tertiary/aromatic N) is 3. The van der Waals surface area contributed by atoms with Gasteiger partial charge in [-0.15, -0.1) is 11.3 Å². The highest BCUT2D eigenvalue weighted by Crippen LogP contribution is 2.41. The van der Waals surface area contributed by atoms with E-state index in [1.54, 1.807) is 0 Å². The molecule has 1 aliphatic heterocycles. The number of aryl methyl sites for hydroxylation is 1. The number of hydrogen-bond acceptors (Lipinski definition) is 5. The lowest BCUT2D eigenvalue weighted by molar-refractivity contribution is 0.0597. The van der Waals surface area contributed by atoms with Crippen LogP contribution in [0.1, 0.15) is 27.2 Å². The van der Waals surface area contributed by atoms with Gasteiger partial charge in [-0.25, -0.2) is 4.79 Å². The summed E-state index contributed by atoms with van der Waals surface area (Å²) in [5, 5.41) is 5.74. The average molecular weight is 267 g/mol. The van der Waals surface area contributed by atoms with Crippen molar-refractivity contribution in [3.8, 4) is 0 Å². The SMILES string of the molecule is COC(=O)c1c(C)csc1C1(N=[N+]=[N-])CCOC1. The summed E-state index contributed by atoms with van der Waals surface area (Å²) in [5.41, 5.74) is 9.31. The van der Waals surface area contributed by atoms with Gasteiger partial charge >= 0.3 is 5.97 Å². The molecule has 0 N–H and O–H groups in total. The maximum Gasteiger partial charge on any atom is 0.339 e. The summed E-state index contributed by atoms with van der Waals surface area (Å²) in [6, 6.07) is 0. The molecule has 2 rings (SSSR count). The van der Waals surface area contributed by atoms with Gasteiger partial charge in [-0.05, 0) is 29.8 Å². The third-order valence-corrected chi connectivity index (χ3v) is 4.32. The van der Waals surface area contributed by atoms with Crippen molar-refractivity contribution in [2.45, 2.75) is 18.9 Å². The molecule has 0 aliphatic carbocycles. The Morgan fingerprint density at radius 1 is 1.72 bits per heavy atom.